The molecule has 0 radical (unpaired) electrons. The Morgan fingerprint density at radius 1 is 1.11 bits per heavy atom. The van der Waals surface area contributed by atoms with Gasteiger partial charge in [0.25, 0.3) is 5.56 Å². The Bertz CT molecular complexity index is 1410. The number of aromatic amines is 1. The summed E-state index contributed by atoms with van der Waals surface area (Å²) in [7, 11) is 1.61. The summed E-state index contributed by atoms with van der Waals surface area (Å²) in [5.74, 6) is 1.49. The molecule has 0 spiro atoms. The number of H-pyrrole nitrogens is 1. The fraction of sp³-hybridized carbons (Fsp3) is 0.321. The van der Waals surface area contributed by atoms with Crippen LogP contribution in [0, 0.1) is 12.3 Å². The lowest BCUT2D eigenvalue weighted by molar-refractivity contribution is -0.118. The van der Waals surface area contributed by atoms with Crippen LogP contribution in [0.4, 0.5) is 5.82 Å². The molecule has 3 aromatic rings. The SMILES string of the molecule is COc1cccc([C@H]2C3=C(CC(C)(C)CC3=O)Nc3nc(SCc4ccccc4C)[nH]c(=O)c32)c1. The van der Waals surface area contributed by atoms with Crippen LogP contribution in [0.1, 0.15) is 54.9 Å². The van der Waals surface area contributed by atoms with E-state index in [0.29, 0.717) is 46.5 Å². The van der Waals surface area contributed by atoms with Crippen molar-refractivity contribution >= 4 is 23.4 Å². The molecule has 0 fully saturated rings. The van der Waals surface area contributed by atoms with Crippen LogP contribution in [0.5, 0.6) is 5.75 Å². The van der Waals surface area contributed by atoms with Crippen molar-refractivity contribution in [2.45, 2.75) is 50.4 Å². The maximum Gasteiger partial charge on any atom is 0.257 e. The number of anilines is 1. The number of aromatic nitrogens is 2. The number of nitrogens with zero attached hydrogens (tertiary/aromatic N) is 1. The third-order valence-corrected chi connectivity index (χ3v) is 7.68. The van der Waals surface area contributed by atoms with Crippen molar-refractivity contribution in [2.75, 3.05) is 12.4 Å². The molecule has 0 saturated carbocycles. The molecule has 0 bridgehead atoms. The van der Waals surface area contributed by atoms with Gasteiger partial charge >= 0.3 is 0 Å². The zero-order valence-electron chi connectivity index (χ0n) is 20.4. The van der Waals surface area contributed by atoms with Gasteiger partial charge in [-0.3, -0.25) is 9.59 Å². The van der Waals surface area contributed by atoms with Gasteiger partial charge < -0.3 is 15.0 Å². The normalized spacial score (nSPS) is 18.5. The highest BCUT2D eigenvalue weighted by Gasteiger charge is 2.42. The van der Waals surface area contributed by atoms with E-state index < -0.39 is 5.92 Å². The molecule has 7 heteroatoms. The molecule has 2 aromatic carbocycles. The lowest BCUT2D eigenvalue weighted by atomic mass is 9.69. The minimum atomic E-state index is -0.494. The average molecular weight is 488 g/mol. The molecule has 2 aliphatic rings. The van der Waals surface area contributed by atoms with Crippen molar-refractivity contribution < 1.29 is 9.53 Å². The van der Waals surface area contributed by atoms with Crippen molar-refractivity contribution in [3.05, 3.63) is 92.4 Å². The van der Waals surface area contributed by atoms with E-state index in [4.69, 9.17) is 9.72 Å². The smallest absolute Gasteiger partial charge is 0.257 e. The molecular weight excluding hydrogens is 458 g/mol. The Labute approximate surface area is 209 Å². The highest BCUT2D eigenvalue weighted by molar-refractivity contribution is 7.98. The Kier molecular flexibility index (Phi) is 6.05. The number of thioether (sulfide) groups is 1. The van der Waals surface area contributed by atoms with E-state index >= 15 is 0 Å². The minimum Gasteiger partial charge on any atom is -0.497 e. The van der Waals surface area contributed by atoms with Gasteiger partial charge in [0.15, 0.2) is 10.9 Å². The number of ketones is 1. The lowest BCUT2D eigenvalue weighted by Gasteiger charge is -2.38. The Morgan fingerprint density at radius 2 is 1.91 bits per heavy atom. The van der Waals surface area contributed by atoms with Crippen LogP contribution >= 0.6 is 11.8 Å². The number of carbonyl (C=O) groups excluding carboxylic acids is 1. The zero-order valence-corrected chi connectivity index (χ0v) is 21.2. The molecule has 1 aliphatic carbocycles. The fourth-order valence-corrected chi connectivity index (χ4v) is 5.97. The number of hydrogen-bond acceptors (Lipinski definition) is 6. The summed E-state index contributed by atoms with van der Waals surface area (Å²) in [6.45, 7) is 6.28. The second-order valence-electron chi connectivity index (χ2n) is 10.0. The van der Waals surface area contributed by atoms with Gasteiger partial charge in [0.2, 0.25) is 0 Å². The van der Waals surface area contributed by atoms with Gasteiger partial charge in [0, 0.05) is 29.4 Å². The van der Waals surface area contributed by atoms with Crippen LogP contribution < -0.4 is 15.6 Å². The molecule has 180 valence electrons. The lowest BCUT2D eigenvalue weighted by Crippen LogP contribution is -2.37. The zero-order chi connectivity index (χ0) is 24.7. The molecule has 2 N–H and O–H groups in total. The number of fused-ring (bicyclic) bond motifs is 1. The molecule has 6 nitrogen and oxygen atoms in total. The molecular formula is C28H29N3O3S. The predicted octanol–water partition coefficient (Wildman–Crippen LogP) is 5.58. The standard InChI is InChI=1S/C28H29N3O3S/c1-16-8-5-6-9-18(16)15-35-27-30-25-24(26(33)31-27)22(17-10-7-11-19(12-17)34-4)23-20(29-25)13-28(2,3)14-21(23)32/h5-12,22H,13-15H2,1-4H3,(H2,29,30,31,33)/t22-/m0/s1. The monoisotopic (exact) mass is 487 g/mol. The van der Waals surface area contributed by atoms with Gasteiger partial charge in [-0.25, -0.2) is 4.98 Å². The third kappa shape index (κ3) is 4.52. The van der Waals surface area contributed by atoms with Gasteiger partial charge in [-0.05, 0) is 47.6 Å². The predicted molar refractivity (Wildman–Crippen MR) is 139 cm³/mol. The van der Waals surface area contributed by atoms with Crippen LogP contribution in [0.25, 0.3) is 0 Å². The van der Waals surface area contributed by atoms with Gasteiger partial charge in [-0.1, -0.05) is 62.0 Å². The van der Waals surface area contributed by atoms with Crippen LogP contribution in [0.15, 0.2) is 69.8 Å². The Balaban J connectivity index is 1.60. The van der Waals surface area contributed by atoms with E-state index in [9.17, 15) is 9.59 Å². The number of rotatable bonds is 5. The van der Waals surface area contributed by atoms with Gasteiger partial charge in [-0.15, -0.1) is 0 Å². The first-order valence-electron chi connectivity index (χ1n) is 11.7. The second-order valence-corrected chi connectivity index (χ2v) is 11.0. The number of Topliss-reactive ketones (excluding diaryl/α,β-unsaturated/α-hetero) is 1. The topological polar surface area (TPSA) is 84.1 Å². The molecule has 35 heavy (non-hydrogen) atoms. The summed E-state index contributed by atoms with van der Waals surface area (Å²) < 4.78 is 5.44. The quantitative estimate of drug-likeness (QED) is 0.361. The summed E-state index contributed by atoms with van der Waals surface area (Å²) in [4.78, 5) is 34.7. The molecule has 1 aliphatic heterocycles. The molecule has 0 saturated heterocycles. The van der Waals surface area contributed by atoms with E-state index in [0.717, 1.165) is 11.3 Å². The van der Waals surface area contributed by atoms with Gasteiger partial charge in [0.05, 0.1) is 12.7 Å². The minimum absolute atomic E-state index is 0.0691. The highest BCUT2D eigenvalue weighted by Crippen LogP contribution is 2.48. The van der Waals surface area contributed by atoms with Gasteiger partial charge in [0.1, 0.15) is 11.6 Å². The van der Waals surface area contributed by atoms with E-state index in [-0.39, 0.29) is 16.8 Å². The largest absolute Gasteiger partial charge is 0.497 e. The second kappa shape index (κ2) is 9.04. The van der Waals surface area contributed by atoms with Crippen molar-refractivity contribution in [3.8, 4) is 5.75 Å². The van der Waals surface area contributed by atoms with Crippen molar-refractivity contribution in [1.29, 1.82) is 0 Å². The first kappa shape index (κ1) is 23.4. The third-order valence-electron chi connectivity index (χ3n) is 6.75. The summed E-state index contributed by atoms with van der Waals surface area (Å²) in [5, 5.41) is 3.94. The molecule has 2 heterocycles. The number of methoxy groups -OCH3 is 1. The maximum absolute atomic E-state index is 13.5. The van der Waals surface area contributed by atoms with Crippen LogP contribution in [0.2, 0.25) is 0 Å². The summed E-state index contributed by atoms with van der Waals surface area (Å²) in [5.41, 5.74) is 4.86. The number of nitrogens with one attached hydrogen (secondary N) is 2. The van der Waals surface area contributed by atoms with Crippen molar-refractivity contribution in [2.24, 2.45) is 5.41 Å². The first-order valence-corrected chi connectivity index (χ1v) is 12.7. The van der Waals surface area contributed by atoms with Crippen molar-refractivity contribution in [3.63, 3.8) is 0 Å². The first-order chi connectivity index (χ1) is 16.8. The molecule has 1 aromatic heterocycles. The van der Waals surface area contributed by atoms with Crippen LogP contribution in [0.3, 0.4) is 0 Å². The van der Waals surface area contributed by atoms with Crippen LogP contribution in [-0.4, -0.2) is 22.9 Å². The van der Waals surface area contributed by atoms with E-state index in [1.54, 1.807) is 7.11 Å². The number of allylic oxidation sites excluding steroid dienone is 2. The number of hydrogen-bond donors (Lipinski definition) is 2. The summed E-state index contributed by atoms with van der Waals surface area (Å²) in [6, 6.07) is 15.8. The van der Waals surface area contributed by atoms with Gasteiger partial charge in [-0.2, -0.15) is 0 Å². The molecule has 5 rings (SSSR count). The highest BCUT2D eigenvalue weighted by atomic mass is 32.2. The molecule has 0 amide bonds. The summed E-state index contributed by atoms with van der Waals surface area (Å²) >= 11 is 1.50. The van der Waals surface area contributed by atoms with Crippen LogP contribution in [-0.2, 0) is 10.5 Å². The summed E-state index contributed by atoms with van der Waals surface area (Å²) in [6.07, 6.45) is 1.16. The van der Waals surface area contributed by atoms with E-state index in [1.807, 2.05) is 36.4 Å². The maximum atomic E-state index is 13.5. The number of carbonyl (C=O) groups is 1. The van der Waals surface area contributed by atoms with E-state index in [2.05, 4.69) is 43.2 Å². The van der Waals surface area contributed by atoms with Crippen molar-refractivity contribution in [1.82, 2.24) is 9.97 Å². The molecule has 1 atom stereocenters. The average Bonchev–Trinajstić information content (AvgIpc) is 2.81. The fourth-order valence-electron chi connectivity index (χ4n) is 5.03. The molecule has 0 unspecified atom stereocenters. The number of benzene rings is 2. The number of ether oxygens (including phenoxy) is 1. The van der Waals surface area contributed by atoms with E-state index in [1.165, 1.54) is 22.9 Å². The number of aryl methyl sites for hydroxylation is 1. The Morgan fingerprint density at radius 3 is 2.69 bits per heavy atom. The Hall–Kier alpha value is -3.32.